The van der Waals surface area contributed by atoms with Crippen LogP contribution in [0.4, 0.5) is 0 Å². The first-order valence-corrected chi connectivity index (χ1v) is 6.07. The zero-order chi connectivity index (χ0) is 13.1. The van der Waals surface area contributed by atoms with E-state index in [4.69, 9.17) is 0 Å². The molecule has 6 nitrogen and oxygen atoms in total. The van der Waals surface area contributed by atoms with E-state index in [2.05, 4.69) is 20.4 Å². The third kappa shape index (κ3) is 2.85. The van der Waals surface area contributed by atoms with Crippen LogP contribution in [-0.2, 0) is 13.1 Å². The smallest absolute Gasteiger partial charge is 0.104 e. The number of nitrogens with zero attached hydrogens (tertiary/aromatic N) is 6. The molecule has 0 aliphatic rings. The van der Waals surface area contributed by atoms with E-state index in [1.54, 1.807) is 10.9 Å². The van der Waals surface area contributed by atoms with Crippen LogP contribution in [0.1, 0.15) is 17.0 Å². The maximum Gasteiger partial charge on any atom is 0.104 e. The molecule has 6 heteroatoms. The Morgan fingerprint density at radius 2 is 1.95 bits per heavy atom. The predicted molar refractivity (Wildman–Crippen MR) is 69.4 cm³/mol. The molecule has 3 rings (SSSR count). The highest BCUT2D eigenvalue weighted by atomic mass is 15.4. The van der Waals surface area contributed by atoms with Gasteiger partial charge in [0.25, 0.3) is 0 Å². The summed E-state index contributed by atoms with van der Waals surface area (Å²) in [5, 5.41) is 12.5. The van der Waals surface area contributed by atoms with Crippen molar-refractivity contribution in [2.24, 2.45) is 0 Å². The van der Waals surface area contributed by atoms with Crippen LogP contribution >= 0.6 is 0 Å². The van der Waals surface area contributed by atoms with Gasteiger partial charge in [0.2, 0.25) is 0 Å². The van der Waals surface area contributed by atoms with Gasteiger partial charge < -0.3 is 0 Å². The van der Waals surface area contributed by atoms with Crippen molar-refractivity contribution >= 4 is 0 Å². The number of aromatic nitrogens is 6. The van der Waals surface area contributed by atoms with Crippen LogP contribution in [0.2, 0.25) is 0 Å². The second-order valence-corrected chi connectivity index (χ2v) is 4.44. The fourth-order valence-electron chi connectivity index (χ4n) is 1.87. The standard InChI is InChI=1S/C13H14N6/c1-11-6-15-18(7-11)9-13-10-19(17-16-13)8-12-4-2-3-5-14-12/h2-7,10H,8-9H2,1H3. The Morgan fingerprint density at radius 3 is 2.68 bits per heavy atom. The van der Waals surface area contributed by atoms with E-state index in [9.17, 15) is 0 Å². The average Bonchev–Trinajstić information content (AvgIpc) is 3.01. The fourth-order valence-corrected chi connectivity index (χ4v) is 1.87. The van der Waals surface area contributed by atoms with Crippen LogP contribution in [0.5, 0.6) is 0 Å². The van der Waals surface area contributed by atoms with Gasteiger partial charge in [-0.3, -0.25) is 9.67 Å². The van der Waals surface area contributed by atoms with E-state index in [0.29, 0.717) is 13.1 Å². The van der Waals surface area contributed by atoms with Crippen molar-refractivity contribution in [1.82, 2.24) is 29.8 Å². The van der Waals surface area contributed by atoms with Crippen molar-refractivity contribution < 1.29 is 0 Å². The maximum atomic E-state index is 4.26. The average molecular weight is 254 g/mol. The minimum absolute atomic E-state index is 0.631. The number of hydrogen-bond acceptors (Lipinski definition) is 4. The van der Waals surface area contributed by atoms with E-state index in [-0.39, 0.29) is 0 Å². The molecule has 0 spiro atoms. The molecule has 96 valence electrons. The van der Waals surface area contributed by atoms with E-state index in [1.165, 1.54) is 0 Å². The van der Waals surface area contributed by atoms with Gasteiger partial charge >= 0.3 is 0 Å². The zero-order valence-corrected chi connectivity index (χ0v) is 10.6. The minimum atomic E-state index is 0.631. The van der Waals surface area contributed by atoms with Gasteiger partial charge in [0.05, 0.1) is 31.2 Å². The predicted octanol–water partition coefficient (Wildman–Crippen LogP) is 1.27. The highest BCUT2D eigenvalue weighted by molar-refractivity contribution is 5.05. The molecule has 0 aliphatic carbocycles. The summed E-state index contributed by atoms with van der Waals surface area (Å²) in [5.41, 5.74) is 2.99. The summed E-state index contributed by atoms with van der Waals surface area (Å²) in [6.45, 7) is 3.28. The monoisotopic (exact) mass is 254 g/mol. The lowest BCUT2D eigenvalue weighted by molar-refractivity contribution is 0.636. The SMILES string of the molecule is Cc1cnn(Cc2cn(Cc3ccccn3)nn2)c1. The first-order chi connectivity index (χ1) is 9.29. The highest BCUT2D eigenvalue weighted by Gasteiger charge is 2.03. The van der Waals surface area contributed by atoms with Crippen molar-refractivity contribution in [3.8, 4) is 0 Å². The van der Waals surface area contributed by atoms with Gasteiger partial charge in [-0.15, -0.1) is 5.10 Å². The quantitative estimate of drug-likeness (QED) is 0.703. The molecule has 3 heterocycles. The molecular formula is C13H14N6. The second kappa shape index (κ2) is 5.01. The molecule has 3 aromatic rings. The Bertz CT molecular complexity index is 655. The minimum Gasteiger partial charge on any atom is -0.266 e. The molecule has 0 N–H and O–H groups in total. The van der Waals surface area contributed by atoms with Crippen LogP contribution in [0.15, 0.2) is 43.0 Å². The Balaban J connectivity index is 1.69. The van der Waals surface area contributed by atoms with Gasteiger partial charge in [0, 0.05) is 12.4 Å². The molecule has 0 atom stereocenters. The number of hydrogen-bond donors (Lipinski definition) is 0. The largest absolute Gasteiger partial charge is 0.266 e. The second-order valence-electron chi connectivity index (χ2n) is 4.44. The van der Waals surface area contributed by atoms with Crippen LogP contribution in [0.3, 0.4) is 0 Å². The molecule has 0 aromatic carbocycles. The van der Waals surface area contributed by atoms with E-state index in [1.807, 2.05) is 48.4 Å². The van der Waals surface area contributed by atoms with Crippen LogP contribution < -0.4 is 0 Å². The van der Waals surface area contributed by atoms with E-state index >= 15 is 0 Å². The highest BCUT2D eigenvalue weighted by Crippen LogP contribution is 2.02. The summed E-state index contributed by atoms with van der Waals surface area (Å²) in [7, 11) is 0. The molecule has 0 saturated heterocycles. The van der Waals surface area contributed by atoms with Crippen molar-refractivity contribution in [3.05, 3.63) is 59.9 Å². The van der Waals surface area contributed by atoms with Gasteiger partial charge in [-0.2, -0.15) is 5.10 Å². The first kappa shape index (κ1) is 11.6. The summed E-state index contributed by atoms with van der Waals surface area (Å²) >= 11 is 0. The van der Waals surface area contributed by atoms with Crippen molar-refractivity contribution in [3.63, 3.8) is 0 Å². The lowest BCUT2D eigenvalue weighted by Gasteiger charge is -1.98. The summed E-state index contributed by atoms with van der Waals surface area (Å²) in [4.78, 5) is 4.26. The molecule has 0 fully saturated rings. The zero-order valence-electron chi connectivity index (χ0n) is 10.6. The Hall–Kier alpha value is -2.50. The molecule has 0 radical (unpaired) electrons. The Labute approximate surface area is 110 Å². The van der Waals surface area contributed by atoms with Crippen LogP contribution in [-0.4, -0.2) is 29.8 Å². The topological polar surface area (TPSA) is 61.4 Å². The molecule has 0 bridgehead atoms. The van der Waals surface area contributed by atoms with Crippen molar-refractivity contribution in [1.29, 1.82) is 0 Å². The number of pyridine rings is 1. The van der Waals surface area contributed by atoms with Crippen molar-refractivity contribution in [2.45, 2.75) is 20.0 Å². The van der Waals surface area contributed by atoms with Crippen LogP contribution in [0, 0.1) is 6.92 Å². The molecule has 19 heavy (non-hydrogen) atoms. The fraction of sp³-hybridized carbons (Fsp3) is 0.231. The summed E-state index contributed by atoms with van der Waals surface area (Å²) in [6.07, 6.45) is 7.52. The lowest BCUT2D eigenvalue weighted by atomic mass is 10.3. The molecule has 0 saturated carbocycles. The molecule has 0 aliphatic heterocycles. The van der Waals surface area contributed by atoms with Gasteiger partial charge in [-0.25, -0.2) is 4.68 Å². The van der Waals surface area contributed by atoms with Gasteiger partial charge in [0.15, 0.2) is 0 Å². The van der Waals surface area contributed by atoms with Crippen molar-refractivity contribution in [2.75, 3.05) is 0 Å². The summed E-state index contributed by atoms with van der Waals surface area (Å²) in [6, 6.07) is 5.83. The van der Waals surface area contributed by atoms with E-state index in [0.717, 1.165) is 17.0 Å². The first-order valence-electron chi connectivity index (χ1n) is 6.07. The Kier molecular flexibility index (Phi) is 3.06. The van der Waals surface area contributed by atoms with Gasteiger partial charge in [-0.05, 0) is 24.6 Å². The molecule has 3 aromatic heterocycles. The molecular weight excluding hydrogens is 240 g/mol. The van der Waals surface area contributed by atoms with Gasteiger partial charge in [0.1, 0.15) is 5.69 Å². The van der Waals surface area contributed by atoms with Crippen LogP contribution in [0.25, 0.3) is 0 Å². The number of rotatable bonds is 4. The molecule has 0 amide bonds. The van der Waals surface area contributed by atoms with Gasteiger partial charge in [-0.1, -0.05) is 11.3 Å². The van der Waals surface area contributed by atoms with E-state index < -0.39 is 0 Å². The summed E-state index contributed by atoms with van der Waals surface area (Å²) in [5.74, 6) is 0. The third-order valence-electron chi connectivity index (χ3n) is 2.72. The molecule has 0 unspecified atom stereocenters. The maximum absolute atomic E-state index is 4.26. The third-order valence-corrected chi connectivity index (χ3v) is 2.72. The Morgan fingerprint density at radius 1 is 1.05 bits per heavy atom. The number of aryl methyl sites for hydroxylation is 1. The summed E-state index contributed by atoms with van der Waals surface area (Å²) < 4.78 is 3.64. The normalized spacial score (nSPS) is 10.8. The lowest BCUT2D eigenvalue weighted by Crippen LogP contribution is -2.02.